The Labute approximate surface area is 146 Å². The van der Waals surface area contributed by atoms with Gasteiger partial charge in [-0.3, -0.25) is 9.59 Å². The summed E-state index contributed by atoms with van der Waals surface area (Å²) in [6.45, 7) is 3.98. The van der Waals surface area contributed by atoms with Crippen molar-refractivity contribution < 1.29 is 9.59 Å². The van der Waals surface area contributed by atoms with Crippen LogP contribution in [0.3, 0.4) is 0 Å². The van der Waals surface area contributed by atoms with E-state index in [2.05, 4.69) is 15.6 Å². The molecular weight excluding hydrogens is 324 g/mol. The number of nitrogens with zero attached hydrogens (tertiary/aromatic N) is 2. The molecule has 1 unspecified atom stereocenters. The van der Waals surface area contributed by atoms with Gasteiger partial charge in [0.25, 0.3) is 5.91 Å². The molecule has 0 saturated heterocycles. The van der Waals surface area contributed by atoms with Crippen LogP contribution in [0, 0.1) is 0 Å². The zero-order chi connectivity index (χ0) is 17.5. The molecule has 2 rings (SSSR count). The number of rotatable bonds is 7. The third-order valence-electron chi connectivity index (χ3n) is 3.53. The summed E-state index contributed by atoms with van der Waals surface area (Å²) in [7, 11) is 1.89. The van der Waals surface area contributed by atoms with Gasteiger partial charge in [-0.15, -0.1) is 0 Å². The average molecular weight is 346 g/mol. The topological polar surface area (TPSA) is 76.0 Å². The van der Waals surface area contributed by atoms with Gasteiger partial charge in [0.05, 0.1) is 5.75 Å². The van der Waals surface area contributed by atoms with Gasteiger partial charge < -0.3 is 15.2 Å². The zero-order valence-corrected chi connectivity index (χ0v) is 14.9. The largest absolute Gasteiger partial charge is 0.350 e. The fraction of sp³-hybridized carbons (Fsp3) is 0.353. The number of benzene rings is 1. The Kier molecular flexibility index (Phi) is 6.43. The number of nitrogens with one attached hydrogen (secondary N) is 2. The van der Waals surface area contributed by atoms with Gasteiger partial charge in [-0.05, 0) is 37.6 Å². The van der Waals surface area contributed by atoms with E-state index in [4.69, 9.17) is 0 Å². The van der Waals surface area contributed by atoms with E-state index in [1.54, 1.807) is 30.5 Å². The Hall–Kier alpha value is -2.28. The number of anilines is 1. The monoisotopic (exact) mass is 346 g/mol. The van der Waals surface area contributed by atoms with Gasteiger partial charge in [-0.1, -0.05) is 18.7 Å². The minimum atomic E-state index is -0.111. The number of carbonyl (C=O) groups excluding carboxylic acids is 2. The highest BCUT2D eigenvalue weighted by Gasteiger charge is 2.10. The summed E-state index contributed by atoms with van der Waals surface area (Å²) >= 11 is 1.37. The molecule has 0 radical (unpaired) electrons. The second-order valence-corrected chi connectivity index (χ2v) is 6.46. The quantitative estimate of drug-likeness (QED) is 0.756. The lowest BCUT2D eigenvalue weighted by molar-refractivity contribution is -0.113. The summed E-state index contributed by atoms with van der Waals surface area (Å²) < 4.78 is 1.86. The van der Waals surface area contributed by atoms with Crippen LogP contribution in [0.25, 0.3) is 0 Å². The third kappa shape index (κ3) is 5.13. The van der Waals surface area contributed by atoms with E-state index in [9.17, 15) is 9.59 Å². The molecule has 24 heavy (non-hydrogen) atoms. The van der Waals surface area contributed by atoms with Crippen LogP contribution in [-0.4, -0.2) is 33.2 Å². The van der Waals surface area contributed by atoms with Crippen molar-refractivity contribution in [2.75, 3.05) is 11.1 Å². The molecule has 0 aliphatic carbocycles. The first-order valence-corrected chi connectivity index (χ1v) is 8.79. The SMILES string of the molecule is CCC(C)NC(=O)c1ccc(NC(=O)CSc2nccn2C)cc1. The molecule has 1 aromatic carbocycles. The number of amides is 2. The van der Waals surface area contributed by atoms with E-state index in [0.29, 0.717) is 11.3 Å². The molecule has 0 spiro atoms. The van der Waals surface area contributed by atoms with Crippen LogP contribution >= 0.6 is 11.8 Å². The van der Waals surface area contributed by atoms with Crippen LogP contribution in [0.2, 0.25) is 0 Å². The van der Waals surface area contributed by atoms with E-state index in [0.717, 1.165) is 11.6 Å². The third-order valence-corrected chi connectivity index (χ3v) is 4.59. The van der Waals surface area contributed by atoms with E-state index in [-0.39, 0.29) is 23.6 Å². The molecule has 7 heteroatoms. The molecular formula is C17H22N4O2S. The number of aryl methyl sites for hydroxylation is 1. The smallest absolute Gasteiger partial charge is 0.251 e. The van der Waals surface area contributed by atoms with Gasteiger partial charge in [0, 0.05) is 36.7 Å². The Bertz CT molecular complexity index is 697. The Morgan fingerprint density at radius 1 is 1.29 bits per heavy atom. The highest BCUT2D eigenvalue weighted by atomic mass is 32.2. The lowest BCUT2D eigenvalue weighted by Crippen LogP contribution is -2.31. The standard InChI is InChI=1S/C17H22N4O2S/c1-4-12(2)19-16(23)13-5-7-14(8-6-13)20-15(22)11-24-17-18-9-10-21(17)3/h5-10,12H,4,11H2,1-3H3,(H,19,23)(H,20,22). The Morgan fingerprint density at radius 3 is 2.58 bits per heavy atom. The predicted octanol–water partition coefficient (Wildman–Crippen LogP) is 2.68. The molecule has 2 N–H and O–H groups in total. The number of carbonyl (C=O) groups is 2. The molecule has 0 saturated carbocycles. The molecule has 2 aromatic rings. The van der Waals surface area contributed by atoms with E-state index in [1.807, 2.05) is 31.7 Å². The van der Waals surface area contributed by atoms with Gasteiger partial charge in [0.1, 0.15) is 0 Å². The van der Waals surface area contributed by atoms with Crippen molar-refractivity contribution in [3.63, 3.8) is 0 Å². The molecule has 2 amide bonds. The number of hydrogen-bond acceptors (Lipinski definition) is 4. The lowest BCUT2D eigenvalue weighted by Gasteiger charge is -2.11. The highest BCUT2D eigenvalue weighted by molar-refractivity contribution is 7.99. The summed E-state index contributed by atoms with van der Waals surface area (Å²) in [5, 5.41) is 6.52. The summed E-state index contributed by atoms with van der Waals surface area (Å²) in [6, 6.07) is 7.02. The van der Waals surface area contributed by atoms with Crippen molar-refractivity contribution in [3.8, 4) is 0 Å². The number of imidazole rings is 1. The van der Waals surface area contributed by atoms with Crippen molar-refractivity contribution in [1.82, 2.24) is 14.9 Å². The first-order chi connectivity index (χ1) is 11.5. The van der Waals surface area contributed by atoms with Gasteiger partial charge in [-0.25, -0.2) is 4.98 Å². The molecule has 0 bridgehead atoms. The predicted molar refractivity (Wildman–Crippen MR) is 96.2 cm³/mol. The Morgan fingerprint density at radius 2 is 2.00 bits per heavy atom. The first-order valence-electron chi connectivity index (χ1n) is 7.80. The molecule has 6 nitrogen and oxygen atoms in total. The van der Waals surface area contributed by atoms with Gasteiger partial charge >= 0.3 is 0 Å². The fourth-order valence-electron chi connectivity index (χ4n) is 1.93. The normalized spacial score (nSPS) is 11.8. The van der Waals surface area contributed by atoms with E-state index < -0.39 is 0 Å². The van der Waals surface area contributed by atoms with Crippen LogP contribution in [0.15, 0.2) is 41.8 Å². The maximum Gasteiger partial charge on any atom is 0.251 e. The summed E-state index contributed by atoms with van der Waals surface area (Å²) in [5.74, 6) is 0.0635. The second kappa shape index (κ2) is 8.54. The molecule has 1 aromatic heterocycles. The van der Waals surface area contributed by atoms with Crippen LogP contribution in [0.1, 0.15) is 30.6 Å². The second-order valence-electron chi connectivity index (χ2n) is 5.52. The molecule has 128 valence electrons. The first kappa shape index (κ1) is 18.1. The van der Waals surface area contributed by atoms with Crippen molar-refractivity contribution in [1.29, 1.82) is 0 Å². The minimum Gasteiger partial charge on any atom is -0.350 e. The van der Waals surface area contributed by atoms with Crippen LogP contribution in [0.5, 0.6) is 0 Å². The number of hydrogen-bond donors (Lipinski definition) is 2. The fourth-order valence-corrected chi connectivity index (χ4v) is 2.66. The minimum absolute atomic E-state index is 0.104. The van der Waals surface area contributed by atoms with Crippen molar-refractivity contribution in [2.45, 2.75) is 31.5 Å². The van der Waals surface area contributed by atoms with E-state index >= 15 is 0 Å². The molecule has 1 atom stereocenters. The molecule has 0 aliphatic rings. The van der Waals surface area contributed by atoms with Crippen molar-refractivity contribution in [3.05, 3.63) is 42.2 Å². The van der Waals surface area contributed by atoms with Crippen molar-refractivity contribution >= 4 is 29.3 Å². The molecule has 0 fully saturated rings. The highest BCUT2D eigenvalue weighted by Crippen LogP contribution is 2.15. The van der Waals surface area contributed by atoms with Gasteiger partial charge in [0.15, 0.2) is 5.16 Å². The number of thioether (sulfide) groups is 1. The van der Waals surface area contributed by atoms with Crippen LogP contribution < -0.4 is 10.6 Å². The molecule has 0 aliphatic heterocycles. The van der Waals surface area contributed by atoms with Crippen LogP contribution in [0.4, 0.5) is 5.69 Å². The average Bonchev–Trinajstić information content (AvgIpc) is 2.98. The van der Waals surface area contributed by atoms with E-state index in [1.165, 1.54) is 11.8 Å². The summed E-state index contributed by atoms with van der Waals surface area (Å²) in [5.41, 5.74) is 1.25. The van der Waals surface area contributed by atoms with Gasteiger partial charge in [0.2, 0.25) is 5.91 Å². The molecule has 1 heterocycles. The zero-order valence-electron chi connectivity index (χ0n) is 14.1. The van der Waals surface area contributed by atoms with Crippen molar-refractivity contribution in [2.24, 2.45) is 7.05 Å². The summed E-state index contributed by atoms with van der Waals surface area (Å²) in [4.78, 5) is 28.1. The van der Waals surface area contributed by atoms with Gasteiger partial charge in [-0.2, -0.15) is 0 Å². The van der Waals surface area contributed by atoms with Crippen LogP contribution in [-0.2, 0) is 11.8 Å². The lowest BCUT2D eigenvalue weighted by atomic mass is 10.1. The maximum absolute atomic E-state index is 12.0. The summed E-state index contributed by atoms with van der Waals surface area (Å²) in [6.07, 6.45) is 4.42. The maximum atomic E-state index is 12.0. The number of aromatic nitrogens is 2. The Balaban J connectivity index is 1.85.